The molecular weight excluding hydrogens is 481 g/mol. The number of halogens is 2. The lowest BCUT2D eigenvalue weighted by atomic mass is 9.82. The van der Waals surface area contributed by atoms with Gasteiger partial charge in [-0.05, 0) is 76.9 Å². The Morgan fingerprint density at radius 1 is 0.838 bits per heavy atom. The van der Waals surface area contributed by atoms with Crippen LogP contribution in [0.5, 0.6) is 0 Å². The van der Waals surface area contributed by atoms with Gasteiger partial charge in [0.1, 0.15) is 11.4 Å². The van der Waals surface area contributed by atoms with Crippen molar-refractivity contribution in [3.05, 3.63) is 125 Å². The first-order valence-electron chi connectivity index (χ1n) is 12.8. The summed E-state index contributed by atoms with van der Waals surface area (Å²) in [5, 5.41) is 3.19. The Kier molecular flexibility index (Phi) is 6.31. The van der Waals surface area contributed by atoms with Crippen LogP contribution in [0.4, 0.5) is 10.1 Å². The molecule has 0 saturated carbocycles. The van der Waals surface area contributed by atoms with Gasteiger partial charge in [0.05, 0.1) is 5.71 Å². The van der Waals surface area contributed by atoms with Crippen LogP contribution in [-0.4, -0.2) is 43.3 Å². The molecule has 1 unspecified atom stereocenters. The zero-order valence-electron chi connectivity index (χ0n) is 20.9. The van der Waals surface area contributed by atoms with Gasteiger partial charge in [0.25, 0.3) is 0 Å². The summed E-state index contributed by atoms with van der Waals surface area (Å²) in [5.74, 6) is -0.195. The number of rotatable bonds is 5. The zero-order valence-corrected chi connectivity index (χ0v) is 21.6. The fraction of sp³-hybridized carbons (Fsp3) is 0.219. The third kappa shape index (κ3) is 4.68. The molecule has 6 rings (SSSR count). The van der Waals surface area contributed by atoms with Crippen molar-refractivity contribution in [1.29, 1.82) is 0 Å². The average Bonchev–Trinajstić information content (AvgIpc) is 3.26. The van der Waals surface area contributed by atoms with Gasteiger partial charge in [0, 0.05) is 43.4 Å². The lowest BCUT2D eigenvalue weighted by Crippen LogP contribution is -2.47. The highest BCUT2D eigenvalue weighted by molar-refractivity contribution is 6.30. The van der Waals surface area contributed by atoms with Crippen LogP contribution in [-0.2, 0) is 5.54 Å². The Balaban J connectivity index is 1.31. The SMILES string of the molecule is CC1(c2cccc3ccccc23)N=C(c2ccc(Cl)cc2)C=C1CN1CCN(c2ccc(F)cc2)CC1. The molecule has 4 aromatic carbocycles. The fourth-order valence-corrected chi connectivity index (χ4v) is 5.68. The fourth-order valence-electron chi connectivity index (χ4n) is 5.56. The Morgan fingerprint density at radius 2 is 1.54 bits per heavy atom. The highest BCUT2D eigenvalue weighted by atomic mass is 35.5. The molecule has 4 aromatic rings. The van der Waals surface area contributed by atoms with E-state index in [0.29, 0.717) is 0 Å². The predicted octanol–water partition coefficient (Wildman–Crippen LogP) is 7.10. The van der Waals surface area contributed by atoms with Gasteiger partial charge in [-0.2, -0.15) is 0 Å². The van der Waals surface area contributed by atoms with Gasteiger partial charge >= 0.3 is 0 Å². The summed E-state index contributed by atoms with van der Waals surface area (Å²) >= 11 is 6.17. The van der Waals surface area contributed by atoms with E-state index in [0.717, 1.165) is 54.7 Å². The van der Waals surface area contributed by atoms with Crippen LogP contribution in [0, 0.1) is 5.82 Å². The van der Waals surface area contributed by atoms with Crippen molar-refractivity contribution in [3.63, 3.8) is 0 Å². The molecular formula is C32H29ClFN3. The first kappa shape index (κ1) is 23.9. The summed E-state index contributed by atoms with van der Waals surface area (Å²) in [7, 11) is 0. The molecule has 0 amide bonds. The minimum Gasteiger partial charge on any atom is -0.369 e. The maximum atomic E-state index is 13.4. The van der Waals surface area contributed by atoms with Gasteiger partial charge in [-0.1, -0.05) is 66.2 Å². The number of anilines is 1. The van der Waals surface area contributed by atoms with Gasteiger partial charge in [0.15, 0.2) is 0 Å². The van der Waals surface area contributed by atoms with Crippen LogP contribution in [0.1, 0.15) is 18.1 Å². The minimum absolute atomic E-state index is 0.195. The maximum absolute atomic E-state index is 13.4. The van der Waals surface area contributed by atoms with Crippen molar-refractivity contribution in [2.24, 2.45) is 4.99 Å². The van der Waals surface area contributed by atoms with E-state index in [9.17, 15) is 4.39 Å². The zero-order chi connectivity index (χ0) is 25.4. The molecule has 1 saturated heterocycles. The lowest BCUT2D eigenvalue weighted by molar-refractivity contribution is 0.269. The third-order valence-corrected chi connectivity index (χ3v) is 7.94. The second-order valence-electron chi connectivity index (χ2n) is 10.0. The molecule has 0 aromatic heterocycles. The number of aliphatic imine (C=N–C) groups is 1. The van der Waals surface area contributed by atoms with Crippen molar-refractivity contribution in [1.82, 2.24) is 4.90 Å². The van der Waals surface area contributed by atoms with E-state index in [4.69, 9.17) is 16.6 Å². The van der Waals surface area contributed by atoms with Crippen molar-refractivity contribution in [2.75, 3.05) is 37.6 Å². The Bertz CT molecular complexity index is 1480. The van der Waals surface area contributed by atoms with Crippen LogP contribution in [0.3, 0.4) is 0 Å². The van der Waals surface area contributed by atoms with Gasteiger partial charge in [-0.3, -0.25) is 9.89 Å². The highest BCUT2D eigenvalue weighted by Gasteiger charge is 2.37. The lowest BCUT2D eigenvalue weighted by Gasteiger charge is -2.38. The Labute approximate surface area is 222 Å². The maximum Gasteiger partial charge on any atom is 0.123 e. The molecule has 0 aliphatic carbocycles. The second kappa shape index (κ2) is 9.77. The normalized spacial score (nSPS) is 20.2. The van der Waals surface area contributed by atoms with Gasteiger partial charge in [-0.15, -0.1) is 0 Å². The van der Waals surface area contributed by atoms with E-state index in [1.807, 2.05) is 36.4 Å². The van der Waals surface area contributed by atoms with Gasteiger partial charge < -0.3 is 4.90 Å². The van der Waals surface area contributed by atoms with E-state index in [-0.39, 0.29) is 5.82 Å². The van der Waals surface area contributed by atoms with E-state index >= 15 is 0 Å². The van der Waals surface area contributed by atoms with Crippen LogP contribution in [0.25, 0.3) is 10.8 Å². The molecule has 0 bridgehead atoms. The molecule has 2 heterocycles. The molecule has 2 aliphatic heterocycles. The van der Waals surface area contributed by atoms with Crippen molar-refractivity contribution in [2.45, 2.75) is 12.5 Å². The molecule has 5 heteroatoms. The molecule has 3 nitrogen and oxygen atoms in total. The summed E-state index contributed by atoms with van der Waals surface area (Å²) in [4.78, 5) is 10.2. The van der Waals surface area contributed by atoms with Crippen LogP contribution < -0.4 is 4.90 Å². The first-order valence-corrected chi connectivity index (χ1v) is 13.2. The van der Waals surface area contributed by atoms with E-state index < -0.39 is 5.54 Å². The number of nitrogens with zero attached hydrogens (tertiary/aromatic N) is 3. The Hall–Kier alpha value is -3.47. The average molecular weight is 510 g/mol. The number of benzene rings is 4. The summed E-state index contributed by atoms with van der Waals surface area (Å²) < 4.78 is 13.4. The van der Waals surface area contributed by atoms with Crippen LogP contribution in [0.15, 0.2) is 108 Å². The molecule has 1 fully saturated rings. The molecule has 1 atom stereocenters. The summed E-state index contributed by atoms with van der Waals surface area (Å²) in [5.41, 5.74) is 5.20. The molecule has 186 valence electrons. The first-order chi connectivity index (χ1) is 18.0. The monoisotopic (exact) mass is 509 g/mol. The summed E-state index contributed by atoms with van der Waals surface area (Å²) in [6.07, 6.45) is 2.28. The van der Waals surface area contributed by atoms with Crippen LogP contribution >= 0.6 is 11.6 Å². The van der Waals surface area contributed by atoms with Crippen LogP contribution in [0.2, 0.25) is 5.02 Å². The molecule has 2 aliphatic rings. The van der Waals surface area contributed by atoms with Gasteiger partial charge in [0.2, 0.25) is 0 Å². The largest absolute Gasteiger partial charge is 0.369 e. The highest BCUT2D eigenvalue weighted by Crippen LogP contribution is 2.42. The van der Waals surface area contributed by atoms with Crippen molar-refractivity contribution >= 4 is 33.8 Å². The Morgan fingerprint density at radius 3 is 2.30 bits per heavy atom. The van der Waals surface area contributed by atoms with E-state index in [1.165, 1.54) is 34.0 Å². The molecule has 0 spiro atoms. The molecule has 37 heavy (non-hydrogen) atoms. The van der Waals surface area contributed by atoms with Crippen molar-refractivity contribution in [3.8, 4) is 0 Å². The third-order valence-electron chi connectivity index (χ3n) is 7.69. The summed E-state index contributed by atoms with van der Waals surface area (Å²) in [6.45, 7) is 6.80. The quantitative estimate of drug-likeness (QED) is 0.286. The minimum atomic E-state index is -0.468. The molecule has 0 N–H and O–H groups in total. The number of allylic oxidation sites excluding steroid dienone is 1. The standard InChI is InChI=1S/C32H29ClFN3/c1-32(30-8-4-6-23-5-2-3-7-29(23)30)25(21-31(35-32)24-9-11-26(33)12-10-24)22-36-17-19-37(20-18-36)28-15-13-27(34)14-16-28/h2-16,21H,17-20,22H2,1H3. The van der Waals surface area contributed by atoms with E-state index in [1.54, 1.807) is 0 Å². The topological polar surface area (TPSA) is 18.8 Å². The van der Waals surface area contributed by atoms with Crippen molar-refractivity contribution < 1.29 is 4.39 Å². The molecule has 0 radical (unpaired) electrons. The number of fused-ring (bicyclic) bond motifs is 1. The van der Waals surface area contributed by atoms with E-state index in [2.05, 4.69) is 65.3 Å². The number of hydrogen-bond donors (Lipinski definition) is 0. The second-order valence-corrected chi connectivity index (χ2v) is 10.4. The van der Waals surface area contributed by atoms with Gasteiger partial charge in [-0.25, -0.2) is 4.39 Å². The number of hydrogen-bond acceptors (Lipinski definition) is 3. The smallest absolute Gasteiger partial charge is 0.123 e. The number of piperazine rings is 1. The predicted molar refractivity (Wildman–Crippen MR) is 152 cm³/mol. The summed E-state index contributed by atoms with van der Waals surface area (Å²) in [6, 6.07) is 29.8.